The normalized spacial score (nSPS) is 27.3. The van der Waals surface area contributed by atoms with Gasteiger partial charge in [0, 0.05) is 0 Å². The second-order valence-corrected chi connectivity index (χ2v) is 11.6. The second kappa shape index (κ2) is 12.1. The van der Waals surface area contributed by atoms with Crippen molar-refractivity contribution in [2.75, 3.05) is 6.61 Å². The number of rotatable bonds is 10. The van der Waals surface area contributed by atoms with Crippen LogP contribution in [0.1, 0.15) is 103 Å². The zero-order chi connectivity index (χ0) is 15.5. The average molecular weight is 421 g/mol. The molecule has 0 heterocycles. The van der Waals surface area contributed by atoms with E-state index >= 15 is 0 Å². The van der Waals surface area contributed by atoms with Crippen LogP contribution >= 0.6 is 0 Å². The molecule has 0 saturated heterocycles. The molecule has 2 aliphatic rings. The Morgan fingerprint density at radius 3 is 2.09 bits per heavy atom. The van der Waals surface area contributed by atoms with Gasteiger partial charge in [0.1, 0.15) is 0 Å². The predicted octanol–water partition coefficient (Wildman–Crippen LogP) is 3.10. The van der Waals surface area contributed by atoms with Gasteiger partial charge in [0.25, 0.3) is 0 Å². The monoisotopic (exact) mass is 421 g/mol. The summed E-state index contributed by atoms with van der Waals surface area (Å²) < 4.78 is 8.45. The van der Waals surface area contributed by atoms with Crippen LogP contribution in [0.3, 0.4) is 0 Å². The molecular formula is C20H38IO-. The summed E-state index contributed by atoms with van der Waals surface area (Å²) >= 11 is 0.482. The van der Waals surface area contributed by atoms with Crippen LogP contribution in [-0.4, -0.2) is 20.6 Å². The third-order valence-electron chi connectivity index (χ3n) is 5.35. The number of alkyl halides is 2. The molecule has 0 aliphatic heterocycles. The summed E-state index contributed by atoms with van der Waals surface area (Å²) in [5.74, 6) is 0. The average Bonchev–Trinajstić information content (AvgIpc) is 2.56. The van der Waals surface area contributed by atoms with Gasteiger partial charge < -0.3 is 0 Å². The molecule has 1 nitrogen and oxygen atoms in total. The van der Waals surface area contributed by atoms with E-state index in [9.17, 15) is 0 Å². The Balaban J connectivity index is 1.45. The van der Waals surface area contributed by atoms with E-state index in [-0.39, 0.29) is 0 Å². The molecule has 2 fully saturated rings. The molecule has 0 N–H and O–H groups in total. The number of halogens is 1. The van der Waals surface area contributed by atoms with Crippen molar-refractivity contribution in [1.29, 1.82) is 0 Å². The van der Waals surface area contributed by atoms with Crippen molar-refractivity contribution in [2.24, 2.45) is 0 Å². The molecule has 0 bridgehead atoms. The van der Waals surface area contributed by atoms with Gasteiger partial charge >= 0.3 is 143 Å². The van der Waals surface area contributed by atoms with Crippen molar-refractivity contribution in [2.45, 2.75) is 117 Å². The SMILES string of the molecule is CCCCCCCCOC1CCC([I-]C2CCCCC2)CC1. The molecule has 0 aromatic carbocycles. The fraction of sp³-hybridized carbons (Fsp3) is 1.00. The molecule has 132 valence electrons. The summed E-state index contributed by atoms with van der Waals surface area (Å²) in [5, 5.41) is 0. The van der Waals surface area contributed by atoms with Crippen LogP contribution in [0.5, 0.6) is 0 Å². The Morgan fingerprint density at radius 1 is 0.727 bits per heavy atom. The molecule has 2 heteroatoms. The third-order valence-corrected chi connectivity index (χ3v) is 9.87. The van der Waals surface area contributed by atoms with Crippen LogP contribution < -0.4 is 21.2 Å². The first kappa shape index (κ1) is 19.0. The summed E-state index contributed by atoms with van der Waals surface area (Å²) in [5.41, 5.74) is 0. The van der Waals surface area contributed by atoms with Crippen LogP contribution in [-0.2, 0) is 4.74 Å². The summed E-state index contributed by atoms with van der Waals surface area (Å²) in [4.78, 5) is 0. The first-order valence-electron chi connectivity index (χ1n) is 10.1. The van der Waals surface area contributed by atoms with Crippen LogP contribution in [0.2, 0.25) is 0 Å². The van der Waals surface area contributed by atoms with Crippen molar-refractivity contribution < 1.29 is 25.9 Å². The zero-order valence-corrected chi connectivity index (χ0v) is 17.0. The quantitative estimate of drug-likeness (QED) is 0.299. The summed E-state index contributed by atoms with van der Waals surface area (Å²) in [6.07, 6.45) is 22.3. The Kier molecular flexibility index (Phi) is 10.5. The van der Waals surface area contributed by atoms with Gasteiger partial charge in [0.05, 0.1) is 0 Å². The number of hydrogen-bond acceptors (Lipinski definition) is 1. The predicted molar refractivity (Wildman–Crippen MR) is 92.2 cm³/mol. The first-order chi connectivity index (χ1) is 10.9. The van der Waals surface area contributed by atoms with E-state index in [2.05, 4.69) is 6.92 Å². The van der Waals surface area contributed by atoms with Gasteiger partial charge in [-0.2, -0.15) is 0 Å². The minimum absolute atomic E-state index is 0.482. The van der Waals surface area contributed by atoms with Gasteiger partial charge in [-0.15, -0.1) is 0 Å². The van der Waals surface area contributed by atoms with E-state index < -0.39 is 0 Å². The number of hydrogen-bond donors (Lipinski definition) is 0. The summed E-state index contributed by atoms with van der Waals surface area (Å²) in [7, 11) is 0. The van der Waals surface area contributed by atoms with Gasteiger partial charge in [0.2, 0.25) is 0 Å². The number of unbranched alkanes of at least 4 members (excludes halogenated alkanes) is 5. The molecule has 0 atom stereocenters. The molecule has 0 aromatic heterocycles. The van der Waals surface area contributed by atoms with Crippen LogP contribution in [0.4, 0.5) is 0 Å². The fourth-order valence-electron chi connectivity index (χ4n) is 3.88. The van der Waals surface area contributed by atoms with E-state index in [1.165, 1.54) is 87.4 Å². The second-order valence-electron chi connectivity index (χ2n) is 7.37. The Morgan fingerprint density at radius 2 is 1.36 bits per heavy atom. The molecule has 2 saturated carbocycles. The summed E-state index contributed by atoms with van der Waals surface area (Å²) in [6, 6.07) is 0. The molecule has 2 aliphatic carbocycles. The molecular weight excluding hydrogens is 383 g/mol. The van der Waals surface area contributed by atoms with Crippen LogP contribution in [0.15, 0.2) is 0 Å². The maximum absolute atomic E-state index is 6.14. The van der Waals surface area contributed by atoms with E-state index in [0.29, 0.717) is 27.3 Å². The van der Waals surface area contributed by atoms with E-state index in [0.717, 1.165) is 10.5 Å². The minimum atomic E-state index is 0.482. The van der Waals surface area contributed by atoms with Crippen molar-refractivity contribution >= 4 is 0 Å². The van der Waals surface area contributed by atoms with Crippen molar-refractivity contribution in [1.82, 2.24) is 0 Å². The van der Waals surface area contributed by atoms with Crippen LogP contribution in [0.25, 0.3) is 0 Å². The van der Waals surface area contributed by atoms with Gasteiger partial charge in [-0.1, -0.05) is 6.92 Å². The molecule has 2 rings (SSSR count). The summed E-state index contributed by atoms with van der Waals surface area (Å²) in [6.45, 7) is 3.31. The van der Waals surface area contributed by atoms with Crippen LogP contribution in [0, 0.1) is 0 Å². The molecule has 0 aromatic rings. The van der Waals surface area contributed by atoms with E-state index in [4.69, 9.17) is 4.74 Å². The molecule has 0 unspecified atom stereocenters. The maximum atomic E-state index is 6.14. The first-order valence-corrected chi connectivity index (χ1v) is 12.6. The molecule has 0 amide bonds. The zero-order valence-electron chi connectivity index (χ0n) is 14.8. The van der Waals surface area contributed by atoms with Gasteiger partial charge in [0.15, 0.2) is 0 Å². The van der Waals surface area contributed by atoms with Gasteiger partial charge in [-0.3, -0.25) is 0 Å². The van der Waals surface area contributed by atoms with Crippen molar-refractivity contribution in [3.63, 3.8) is 0 Å². The van der Waals surface area contributed by atoms with Gasteiger partial charge in [-0.05, 0) is 0 Å². The van der Waals surface area contributed by atoms with E-state index in [1.807, 2.05) is 0 Å². The Labute approximate surface area is 149 Å². The number of ether oxygens (including phenoxy) is 1. The molecule has 0 radical (unpaired) electrons. The fourth-order valence-corrected chi connectivity index (χ4v) is 8.35. The molecule has 22 heavy (non-hydrogen) atoms. The standard InChI is InChI=1S/C20H38IO/c1-2-3-4-5-6-10-17-22-20-15-13-19(14-16-20)21-18-11-8-7-9-12-18/h18-20H,2-17H2,1H3/q-1. The topological polar surface area (TPSA) is 9.23 Å². The molecule has 0 spiro atoms. The van der Waals surface area contributed by atoms with E-state index in [1.54, 1.807) is 12.8 Å². The Hall–Kier alpha value is 0.690. The van der Waals surface area contributed by atoms with Crippen molar-refractivity contribution in [3.05, 3.63) is 0 Å². The van der Waals surface area contributed by atoms with Crippen molar-refractivity contribution in [3.8, 4) is 0 Å². The third kappa shape index (κ3) is 7.99. The van der Waals surface area contributed by atoms with Gasteiger partial charge in [-0.25, -0.2) is 0 Å². The Bertz CT molecular complexity index is 254.